The van der Waals surface area contributed by atoms with Crippen molar-refractivity contribution in [1.29, 1.82) is 0 Å². The number of nitrogens with one attached hydrogen (secondary N) is 1. The molecule has 0 unspecified atom stereocenters. The Bertz CT molecular complexity index is 630. The molecule has 20 heavy (non-hydrogen) atoms. The summed E-state index contributed by atoms with van der Waals surface area (Å²) in [6.07, 6.45) is -3.00. The average Bonchev–Trinajstić information content (AvgIpc) is 2.90. The van der Waals surface area contributed by atoms with Crippen molar-refractivity contribution in [1.82, 2.24) is 10.2 Å². The fraction of sp³-hybridized carbons (Fsp3) is 0.333. The first-order chi connectivity index (χ1) is 9.52. The first kappa shape index (κ1) is 12.6. The van der Waals surface area contributed by atoms with E-state index in [2.05, 4.69) is 25.0 Å². The first-order valence-electron chi connectivity index (χ1n) is 5.95. The fourth-order valence-corrected chi connectivity index (χ4v) is 1.83. The van der Waals surface area contributed by atoms with Crippen LogP contribution in [0.2, 0.25) is 0 Å². The van der Waals surface area contributed by atoms with Crippen LogP contribution in [-0.2, 0) is 6.42 Å². The van der Waals surface area contributed by atoms with Crippen molar-refractivity contribution in [2.24, 2.45) is 0 Å². The van der Waals surface area contributed by atoms with Crippen molar-refractivity contribution < 1.29 is 22.7 Å². The molecule has 1 aliphatic heterocycles. The van der Waals surface area contributed by atoms with Gasteiger partial charge in [-0.2, -0.15) is 0 Å². The Labute approximate surface area is 112 Å². The van der Waals surface area contributed by atoms with E-state index in [0.717, 1.165) is 5.56 Å². The number of nitrogens with zero attached hydrogens (tertiary/aromatic N) is 2. The molecule has 0 saturated heterocycles. The number of aromatic nitrogens is 2. The lowest BCUT2D eigenvalue weighted by Gasteiger charge is -2.04. The predicted molar refractivity (Wildman–Crippen MR) is 63.9 cm³/mol. The van der Waals surface area contributed by atoms with Crippen LogP contribution in [0.1, 0.15) is 11.5 Å². The van der Waals surface area contributed by atoms with Crippen molar-refractivity contribution in [2.75, 3.05) is 11.9 Å². The van der Waals surface area contributed by atoms with Gasteiger partial charge in [0, 0.05) is 13.5 Å². The molecule has 0 bridgehead atoms. The highest BCUT2D eigenvalue weighted by molar-refractivity contribution is 5.45. The highest BCUT2D eigenvalue weighted by Crippen LogP contribution is 2.41. The molecule has 6 nitrogen and oxygen atoms in total. The van der Waals surface area contributed by atoms with Gasteiger partial charge in [-0.05, 0) is 24.1 Å². The molecule has 3 rings (SSSR count). The second-order valence-corrected chi connectivity index (χ2v) is 4.25. The molecule has 0 radical (unpaired) electrons. The summed E-state index contributed by atoms with van der Waals surface area (Å²) in [4.78, 5) is 0. The molecular formula is C12H11F2N3O3. The van der Waals surface area contributed by atoms with Gasteiger partial charge in [-0.25, -0.2) is 0 Å². The molecule has 1 N–H and O–H groups in total. The summed E-state index contributed by atoms with van der Waals surface area (Å²) in [5.74, 6) is 0.554. The van der Waals surface area contributed by atoms with Crippen LogP contribution in [0, 0.1) is 6.92 Å². The van der Waals surface area contributed by atoms with Crippen LogP contribution in [0.15, 0.2) is 22.6 Å². The van der Waals surface area contributed by atoms with E-state index in [1.54, 1.807) is 13.0 Å². The Morgan fingerprint density at radius 2 is 2.00 bits per heavy atom. The monoisotopic (exact) mass is 283 g/mol. The Morgan fingerprint density at radius 3 is 2.75 bits per heavy atom. The highest BCUT2D eigenvalue weighted by atomic mass is 19.3. The SMILES string of the molecule is Cc1nnc(NCCc2ccc3c(c2)OC(F)(F)O3)o1. The van der Waals surface area contributed by atoms with E-state index in [4.69, 9.17) is 4.42 Å². The molecule has 1 aliphatic rings. The Balaban J connectivity index is 1.59. The molecule has 106 valence electrons. The van der Waals surface area contributed by atoms with E-state index in [-0.39, 0.29) is 11.5 Å². The molecule has 1 aromatic heterocycles. The van der Waals surface area contributed by atoms with Crippen LogP contribution in [0.25, 0.3) is 0 Å². The molecule has 2 heterocycles. The molecule has 0 amide bonds. The lowest BCUT2D eigenvalue weighted by molar-refractivity contribution is -0.286. The minimum Gasteiger partial charge on any atom is -0.408 e. The Morgan fingerprint density at radius 1 is 1.20 bits per heavy atom. The van der Waals surface area contributed by atoms with Gasteiger partial charge in [0.2, 0.25) is 5.89 Å². The number of rotatable bonds is 4. The number of ether oxygens (including phenoxy) is 2. The summed E-state index contributed by atoms with van der Waals surface area (Å²) < 4.78 is 39.6. The zero-order valence-electron chi connectivity index (χ0n) is 10.5. The largest absolute Gasteiger partial charge is 0.586 e. The summed E-state index contributed by atoms with van der Waals surface area (Å²) in [5.41, 5.74) is 0.828. The van der Waals surface area contributed by atoms with Gasteiger partial charge in [0.15, 0.2) is 11.5 Å². The number of benzene rings is 1. The number of hydrogen-bond donors (Lipinski definition) is 1. The number of aryl methyl sites for hydroxylation is 1. The Kier molecular flexibility index (Phi) is 2.92. The van der Waals surface area contributed by atoms with Gasteiger partial charge >= 0.3 is 12.3 Å². The minimum absolute atomic E-state index is 0.0410. The zero-order valence-corrected chi connectivity index (χ0v) is 10.5. The number of anilines is 1. The topological polar surface area (TPSA) is 69.4 Å². The van der Waals surface area contributed by atoms with Crippen molar-refractivity contribution >= 4 is 6.01 Å². The molecule has 0 aliphatic carbocycles. The lowest BCUT2D eigenvalue weighted by Crippen LogP contribution is -2.25. The smallest absolute Gasteiger partial charge is 0.408 e. The summed E-state index contributed by atoms with van der Waals surface area (Å²) in [6, 6.07) is 5.01. The summed E-state index contributed by atoms with van der Waals surface area (Å²) in [6.45, 7) is 2.22. The van der Waals surface area contributed by atoms with Crippen LogP contribution in [-0.4, -0.2) is 23.0 Å². The van der Waals surface area contributed by atoms with Crippen LogP contribution in [0.5, 0.6) is 11.5 Å². The molecular weight excluding hydrogens is 272 g/mol. The second-order valence-electron chi connectivity index (χ2n) is 4.25. The third-order valence-corrected chi connectivity index (χ3v) is 2.68. The van der Waals surface area contributed by atoms with Gasteiger partial charge in [0.05, 0.1) is 0 Å². The molecule has 2 aromatic rings. The van der Waals surface area contributed by atoms with Gasteiger partial charge < -0.3 is 19.2 Å². The van der Waals surface area contributed by atoms with Gasteiger partial charge in [0.25, 0.3) is 0 Å². The third kappa shape index (κ3) is 2.63. The normalized spacial score (nSPS) is 15.3. The van der Waals surface area contributed by atoms with Gasteiger partial charge in [-0.3, -0.25) is 0 Å². The first-order valence-corrected chi connectivity index (χ1v) is 5.95. The molecule has 0 saturated carbocycles. The maximum Gasteiger partial charge on any atom is 0.586 e. The summed E-state index contributed by atoms with van der Waals surface area (Å²) in [5, 5.41) is 10.4. The maximum atomic E-state index is 12.9. The minimum atomic E-state index is -3.58. The predicted octanol–water partition coefficient (Wildman–Crippen LogP) is 2.35. The van der Waals surface area contributed by atoms with Gasteiger partial charge in [0.1, 0.15) is 0 Å². The highest BCUT2D eigenvalue weighted by Gasteiger charge is 2.43. The standard InChI is InChI=1S/C12H11F2N3O3/c1-7-16-17-11(18-7)15-5-4-8-2-3-9-10(6-8)20-12(13,14)19-9/h2-3,6H,4-5H2,1H3,(H,15,17). The van der Waals surface area contributed by atoms with E-state index in [0.29, 0.717) is 24.9 Å². The van der Waals surface area contributed by atoms with Crippen LogP contribution in [0.4, 0.5) is 14.8 Å². The molecule has 8 heteroatoms. The van der Waals surface area contributed by atoms with Crippen LogP contribution >= 0.6 is 0 Å². The van der Waals surface area contributed by atoms with Gasteiger partial charge in [-0.15, -0.1) is 13.9 Å². The van der Waals surface area contributed by atoms with E-state index in [1.807, 2.05) is 0 Å². The van der Waals surface area contributed by atoms with E-state index >= 15 is 0 Å². The molecule has 0 spiro atoms. The van der Waals surface area contributed by atoms with Crippen molar-refractivity contribution in [3.8, 4) is 11.5 Å². The molecule has 0 fully saturated rings. The maximum absolute atomic E-state index is 12.9. The van der Waals surface area contributed by atoms with Crippen molar-refractivity contribution in [2.45, 2.75) is 19.6 Å². The van der Waals surface area contributed by atoms with Gasteiger partial charge in [-0.1, -0.05) is 11.2 Å². The van der Waals surface area contributed by atoms with Crippen molar-refractivity contribution in [3.63, 3.8) is 0 Å². The number of hydrogen-bond acceptors (Lipinski definition) is 6. The number of halogens is 2. The summed E-state index contributed by atoms with van der Waals surface area (Å²) in [7, 11) is 0. The lowest BCUT2D eigenvalue weighted by atomic mass is 10.1. The van der Waals surface area contributed by atoms with E-state index in [1.165, 1.54) is 12.1 Å². The second kappa shape index (κ2) is 4.62. The third-order valence-electron chi connectivity index (χ3n) is 2.68. The number of fused-ring (bicyclic) bond motifs is 1. The van der Waals surface area contributed by atoms with E-state index < -0.39 is 6.29 Å². The number of alkyl halides is 2. The summed E-state index contributed by atoms with van der Waals surface area (Å²) >= 11 is 0. The van der Waals surface area contributed by atoms with Crippen LogP contribution in [0.3, 0.4) is 0 Å². The molecule has 1 aromatic carbocycles. The zero-order chi connectivity index (χ0) is 14.2. The van der Waals surface area contributed by atoms with E-state index in [9.17, 15) is 8.78 Å². The fourth-order valence-electron chi connectivity index (χ4n) is 1.83. The average molecular weight is 283 g/mol. The van der Waals surface area contributed by atoms with Crippen molar-refractivity contribution in [3.05, 3.63) is 29.7 Å². The van der Waals surface area contributed by atoms with Crippen LogP contribution < -0.4 is 14.8 Å². The Hall–Kier alpha value is -2.38. The quantitative estimate of drug-likeness (QED) is 0.928. The molecule has 0 atom stereocenters.